The van der Waals surface area contributed by atoms with E-state index >= 15 is 0 Å². The smallest absolute Gasteiger partial charge is 0.00948 e. The Morgan fingerprint density at radius 2 is 1.71 bits per heavy atom. The third kappa shape index (κ3) is 5.90. The average molecular weight is 239 g/mol. The van der Waals surface area contributed by atoms with Crippen molar-refractivity contribution < 1.29 is 0 Å². The Labute approximate surface area is 109 Å². The van der Waals surface area contributed by atoms with E-state index in [9.17, 15) is 0 Å². The van der Waals surface area contributed by atoms with E-state index in [-0.39, 0.29) is 0 Å². The van der Waals surface area contributed by atoms with Crippen LogP contribution in [-0.2, 0) is 0 Å². The summed E-state index contributed by atoms with van der Waals surface area (Å²) in [5.74, 6) is 1.78. The van der Waals surface area contributed by atoms with Gasteiger partial charge in [0.15, 0.2) is 0 Å². The highest BCUT2D eigenvalue weighted by Crippen LogP contribution is 2.32. The van der Waals surface area contributed by atoms with Crippen LogP contribution in [0.15, 0.2) is 0 Å². The molecule has 0 spiro atoms. The molecule has 2 atom stereocenters. The first-order chi connectivity index (χ1) is 7.92. The van der Waals surface area contributed by atoms with Crippen molar-refractivity contribution in [2.24, 2.45) is 17.3 Å². The topological polar surface area (TPSA) is 12.0 Å². The molecule has 1 saturated carbocycles. The van der Waals surface area contributed by atoms with Crippen molar-refractivity contribution in [2.45, 2.75) is 78.7 Å². The maximum Gasteiger partial charge on any atom is 0.00948 e. The molecule has 1 aliphatic rings. The fourth-order valence-electron chi connectivity index (χ4n) is 3.64. The first kappa shape index (κ1) is 15.0. The summed E-state index contributed by atoms with van der Waals surface area (Å²) in [4.78, 5) is 0. The van der Waals surface area contributed by atoms with Crippen LogP contribution in [0.4, 0.5) is 0 Å². The largest absolute Gasteiger partial charge is 0.317 e. The standard InChI is InChI=1S/C16H33N/c1-13(12-16(2,3)4)11-15(17-5)14-9-7-6-8-10-14/h13-15,17H,6-12H2,1-5H3. The van der Waals surface area contributed by atoms with Crippen LogP contribution >= 0.6 is 0 Å². The Morgan fingerprint density at radius 3 is 2.18 bits per heavy atom. The maximum absolute atomic E-state index is 3.59. The van der Waals surface area contributed by atoms with Crippen molar-refractivity contribution in [1.82, 2.24) is 5.32 Å². The van der Waals surface area contributed by atoms with Crippen LogP contribution in [0.5, 0.6) is 0 Å². The SMILES string of the molecule is CNC(CC(C)CC(C)(C)C)C1CCCCC1. The number of nitrogens with one attached hydrogen (secondary N) is 1. The molecule has 0 saturated heterocycles. The molecule has 2 unspecified atom stereocenters. The van der Waals surface area contributed by atoms with Crippen molar-refractivity contribution in [2.75, 3.05) is 7.05 Å². The van der Waals surface area contributed by atoms with Gasteiger partial charge in [-0.15, -0.1) is 0 Å². The van der Waals surface area contributed by atoms with Gasteiger partial charge in [-0.3, -0.25) is 0 Å². The van der Waals surface area contributed by atoms with Crippen LogP contribution < -0.4 is 5.32 Å². The Hall–Kier alpha value is -0.0400. The van der Waals surface area contributed by atoms with Gasteiger partial charge in [-0.2, -0.15) is 0 Å². The summed E-state index contributed by atoms with van der Waals surface area (Å²) < 4.78 is 0. The minimum atomic E-state index is 0.476. The molecule has 1 aliphatic carbocycles. The van der Waals surface area contributed by atoms with E-state index in [0.717, 1.165) is 17.9 Å². The van der Waals surface area contributed by atoms with Crippen LogP contribution in [0.3, 0.4) is 0 Å². The van der Waals surface area contributed by atoms with Crippen LogP contribution in [0.25, 0.3) is 0 Å². The highest BCUT2D eigenvalue weighted by molar-refractivity contribution is 4.81. The molecule has 0 heterocycles. The van der Waals surface area contributed by atoms with Gasteiger partial charge >= 0.3 is 0 Å². The van der Waals surface area contributed by atoms with E-state index in [1.54, 1.807) is 0 Å². The van der Waals surface area contributed by atoms with E-state index in [1.807, 2.05) is 0 Å². The molecular formula is C16H33N. The number of rotatable bonds is 5. The van der Waals surface area contributed by atoms with Crippen LogP contribution in [0.1, 0.15) is 72.6 Å². The molecule has 1 fully saturated rings. The number of hydrogen-bond acceptors (Lipinski definition) is 1. The Kier molecular flexibility index (Phi) is 5.99. The zero-order chi connectivity index (χ0) is 12.9. The third-order valence-electron chi connectivity index (χ3n) is 4.21. The Morgan fingerprint density at radius 1 is 1.12 bits per heavy atom. The molecule has 1 rings (SSSR count). The van der Waals surface area contributed by atoms with E-state index in [2.05, 4.69) is 40.1 Å². The monoisotopic (exact) mass is 239 g/mol. The number of hydrogen-bond donors (Lipinski definition) is 1. The summed E-state index contributed by atoms with van der Waals surface area (Å²) in [5.41, 5.74) is 0.476. The van der Waals surface area contributed by atoms with Crippen LogP contribution in [0.2, 0.25) is 0 Å². The van der Waals surface area contributed by atoms with Gasteiger partial charge in [0.05, 0.1) is 0 Å². The van der Waals surface area contributed by atoms with Gasteiger partial charge in [-0.25, -0.2) is 0 Å². The lowest BCUT2D eigenvalue weighted by Crippen LogP contribution is -2.36. The zero-order valence-corrected chi connectivity index (χ0v) is 12.7. The molecule has 1 nitrogen and oxygen atoms in total. The highest BCUT2D eigenvalue weighted by atomic mass is 14.9. The predicted molar refractivity (Wildman–Crippen MR) is 77.3 cm³/mol. The van der Waals surface area contributed by atoms with Crippen LogP contribution in [-0.4, -0.2) is 13.1 Å². The second-order valence-corrected chi connectivity index (χ2v) is 7.40. The van der Waals surface area contributed by atoms with Crippen molar-refractivity contribution in [3.8, 4) is 0 Å². The van der Waals surface area contributed by atoms with Gasteiger partial charge in [0, 0.05) is 6.04 Å². The van der Waals surface area contributed by atoms with Gasteiger partial charge in [-0.1, -0.05) is 47.0 Å². The van der Waals surface area contributed by atoms with Crippen molar-refractivity contribution in [3.63, 3.8) is 0 Å². The molecule has 0 aromatic rings. The predicted octanol–water partition coefficient (Wildman–Crippen LogP) is 4.62. The molecule has 1 heteroatoms. The molecule has 0 aromatic carbocycles. The van der Waals surface area contributed by atoms with Gasteiger partial charge in [0.2, 0.25) is 0 Å². The van der Waals surface area contributed by atoms with Crippen molar-refractivity contribution >= 4 is 0 Å². The first-order valence-electron chi connectivity index (χ1n) is 7.59. The lowest BCUT2D eigenvalue weighted by Gasteiger charge is -2.33. The molecule has 1 N–H and O–H groups in total. The van der Waals surface area contributed by atoms with E-state index in [0.29, 0.717) is 5.41 Å². The summed E-state index contributed by atoms with van der Waals surface area (Å²) >= 11 is 0. The second kappa shape index (κ2) is 6.78. The van der Waals surface area contributed by atoms with E-state index in [1.165, 1.54) is 44.9 Å². The zero-order valence-electron chi connectivity index (χ0n) is 12.7. The first-order valence-corrected chi connectivity index (χ1v) is 7.59. The molecule has 0 amide bonds. The fourth-order valence-corrected chi connectivity index (χ4v) is 3.64. The minimum absolute atomic E-state index is 0.476. The lowest BCUT2D eigenvalue weighted by atomic mass is 9.77. The summed E-state index contributed by atoms with van der Waals surface area (Å²) in [6.07, 6.45) is 9.98. The summed E-state index contributed by atoms with van der Waals surface area (Å²) in [7, 11) is 2.16. The van der Waals surface area contributed by atoms with Crippen LogP contribution in [0, 0.1) is 17.3 Å². The van der Waals surface area contributed by atoms with Gasteiger partial charge in [0.1, 0.15) is 0 Å². The van der Waals surface area contributed by atoms with E-state index < -0.39 is 0 Å². The normalized spacial score (nSPS) is 22.4. The van der Waals surface area contributed by atoms with Gasteiger partial charge < -0.3 is 5.32 Å². The quantitative estimate of drug-likeness (QED) is 0.738. The molecule has 0 aliphatic heterocycles. The molecular weight excluding hydrogens is 206 g/mol. The molecule has 0 aromatic heterocycles. The summed E-state index contributed by atoms with van der Waals surface area (Å²) in [5, 5.41) is 3.59. The van der Waals surface area contributed by atoms with E-state index in [4.69, 9.17) is 0 Å². The third-order valence-corrected chi connectivity index (χ3v) is 4.21. The second-order valence-electron chi connectivity index (χ2n) is 7.40. The average Bonchev–Trinajstić information content (AvgIpc) is 2.24. The molecule has 102 valence electrons. The Balaban J connectivity index is 2.39. The summed E-state index contributed by atoms with van der Waals surface area (Å²) in [6, 6.07) is 0.757. The lowest BCUT2D eigenvalue weighted by molar-refractivity contribution is 0.218. The van der Waals surface area contributed by atoms with Crippen molar-refractivity contribution in [3.05, 3.63) is 0 Å². The summed E-state index contributed by atoms with van der Waals surface area (Å²) in [6.45, 7) is 9.51. The van der Waals surface area contributed by atoms with Gasteiger partial charge in [-0.05, 0) is 50.0 Å². The van der Waals surface area contributed by atoms with Gasteiger partial charge in [0.25, 0.3) is 0 Å². The highest BCUT2D eigenvalue weighted by Gasteiger charge is 2.25. The Bertz CT molecular complexity index is 198. The minimum Gasteiger partial charge on any atom is -0.317 e. The fraction of sp³-hybridized carbons (Fsp3) is 1.00. The molecule has 0 bridgehead atoms. The maximum atomic E-state index is 3.59. The molecule has 0 radical (unpaired) electrons. The molecule has 17 heavy (non-hydrogen) atoms. The van der Waals surface area contributed by atoms with Crippen molar-refractivity contribution in [1.29, 1.82) is 0 Å².